The third-order valence-electron chi connectivity index (χ3n) is 3.99. The number of nitrogens with one attached hydrogen (secondary N) is 1. The molecule has 1 aromatic heterocycles. The maximum Gasteiger partial charge on any atom is 0.348 e. The molecule has 0 spiro atoms. The number of nitrogens with zero attached hydrogens (tertiary/aromatic N) is 1. The predicted molar refractivity (Wildman–Crippen MR) is 113 cm³/mol. The fourth-order valence-electron chi connectivity index (χ4n) is 2.51. The van der Waals surface area contributed by atoms with Crippen LogP contribution in [0.5, 0.6) is 5.75 Å². The van der Waals surface area contributed by atoms with Crippen LogP contribution in [-0.4, -0.2) is 51.8 Å². The van der Waals surface area contributed by atoms with Gasteiger partial charge in [0.25, 0.3) is 5.91 Å². The van der Waals surface area contributed by atoms with Gasteiger partial charge in [-0.2, -0.15) is 5.26 Å². The zero-order chi connectivity index (χ0) is 23.8. The lowest BCUT2D eigenvalue weighted by molar-refractivity contribution is -0.139. The highest BCUT2D eigenvalue weighted by Gasteiger charge is 2.30. The minimum atomic E-state index is -0.873. The molecular formula is C20H17ClN2O8S. The summed E-state index contributed by atoms with van der Waals surface area (Å²) in [4.78, 5) is 48.7. The van der Waals surface area contributed by atoms with Gasteiger partial charge in [-0.25, -0.2) is 9.59 Å². The van der Waals surface area contributed by atoms with E-state index in [-0.39, 0.29) is 31.8 Å². The first-order chi connectivity index (χ1) is 15.2. The fraction of sp³-hybridized carbons (Fsp3) is 0.250. The van der Waals surface area contributed by atoms with Crippen molar-refractivity contribution in [3.63, 3.8) is 0 Å². The third kappa shape index (κ3) is 5.75. The Morgan fingerprint density at radius 2 is 1.78 bits per heavy atom. The number of esters is 3. The highest BCUT2D eigenvalue weighted by molar-refractivity contribution is 7.18. The molecule has 1 amide bonds. The average Bonchev–Trinajstić information content (AvgIpc) is 3.14. The number of hydrogen-bond acceptors (Lipinski definition) is 10. The Balaban J connectivity index is 2.32. The number of carbonyl (C=O) groups excluding carboxylic acids is 4. The Labute approximate surface area is 191 Å². The number of thiophene rings is 1. The molecule has 1 heterocycles. The van der Waals surface area contributed by atoms with Crippen LogP contribution in [0.2, 0.25) is 5.02 Å². The molecule has 168 valence electrons. The van der Waals surface area contributed by atoms with Crippen molar-refractivity contribution in [2.75, 3.05) is 33.3 Å². The van der Waals surface area contributed by atoms with Crippen LogP contribution in [0, 0.1) is 11.3 Å². The van der Waals surface area contributed by atoms with E-state index in [0.29, 0.717) is 5.56 Å². The Bertz CT molecular complexity index is 1110. The zero-order valence-electron chi connectivity index (χ0n) is 17.1. The van der Waals surface area contributed by atoms with Gasteiger partial charge in [-0.3, -0.25) is 9.59 Å². The van der Waals surface area contributed by atoms with Crippen molar-refractivity contribution in [2.24, 2.45) is 0 Å². The Morgan fingerprint density at radius 1 is 1.09 bits per heavy atom. The summed E-state index contributed by atoms with van der Waals surface area (Å²) in [6.45, 7) is -0.496. The van der Waals surface area contributed by atoms with E-state index < -0.39 is 36.8 Å². The molecule has 10 nitrogen and oxygen atoms in total. The van der Waals surface area contributed by atoms with Crippen LogP contribution in [0.3, 0.4) is 0 Å². The summed E-state index contributed by atoms with van der Waals surface area (Å²) in [5, 5.41) is 11.4. The molecular weight excluding hydrogens is 464 g/mol. The standard InChI is InChI=1S/C20H17ClN2O8S/c1-28-15(25)7-11-16(19(26)29-2)18(32-17(11)20(27)30-3)23-14(24)9-31-13-5-4-10(8-22)6-12(13)21/h4-6H,7,9H2,1-3H3,(H,23,24). The van der Waals surface area contributed by atoms with Gasteiger partial charge < -0.3 is 24.3 Å². The van der Waals surface area contributed by atoms with Crippen LogP contribution in [0.25, 0.3) is 0 Å². The quantitative estimate of drug-likeness (QED) is 0.445. The molecule has 0 aliphatic rings. The smallest absolute Gasteiger partial charge is 0.348 e. The lowest BCUT2D eigenvalue weighted by Crippen LogP contribution is -2.21. The molecule has 12 heteroatoms. The van der Waals surface area contributed by atoms with Crippen molar-refractivity contribution >= 4 is 51.8 Å². The molecule has 2 aromatic rings. The van der Waals surface area contributed by atoms with Crippen molar-refractivity contribution in [3.05, 3.63) is 44.8 Å². The van der Waals surface area contributed by atoms with Crippen molar-refractivity contribution in [3.8, 4) is 11.8 Å². The van der Waals surface area contributed by atoms with Gasteiger partial charge in [-0.05, 0) is 18.2 Å². The van der Waals surface area contributed by atoms with Crippen molar-refractivity contribution in [2.45, 2.75) is 6.42 Å². The molecule has 0 fully saturated rings. The van der Waals surface area contributed by atoms with Crippen LogP contribution >= 0.6 is 22.9 Å². The van der Waals surface area contributed by atoms with E-state index in [1.165, 1.54) is 18.2 Å². The molecule has 0 saturated carbocycles. The number of amides is 1. The molecule has 1 aromatic carbocycles. The average molecular weight is 481 g/mol. The van der Waals surface area contributed by atoms with Gasteiger partial charge in [0.05, 0.1) is 50.0 Å². The lowest BCUT2D eigenvalue weighted by Gasteiger charge is -2.09. The molecule has 0 unspecified atom stereocenters. The van der Waals surface area contributed by atoms with Gasteiger partial charge in [0.1, 0.15) is 15.6 Å². The fourth-order valence-corrected chi connectivity index (χ4v) is 3.88. The molecule has 0 bridgehead atoms. The molecule has 0 aliphatic carbocycles. The lowest BCUT2D eigenvalue weighted by atomic mass is 10.1. The van der Waals surface area contributed by atoms with Crippen LogP contribution in [0.1, 0.15) is 31.2 Å². The number of rotatable bonds is 8. The first-order valence-electron chi connectivity index (χ1n) is 8.77. The minimum Gasteiger partial charge on any atom is -0.482 e. The van der Waals surface area contributed by atoms with Crippen LogP contribution in [0.15, 0.2) is 18.2 Å². The van der Waals surface area contributed by atoms with Crippen molar-refractivity contribution in [1.29, 1.82) is 5.26 Å². The van der Waals surface area contributed by atoms with Gasteiger partial charge >= 0.3 is 17.9 Å². The van der Waals surface area contributed by atoms with E-state index in [1.54, 1.807) is 0 Å². The van der Waals surface area contributed by atoms with E-state index in [2.05, 4.69) is 10.1 Å². The van der Waals surface area contributed by atoms with Crippen LogP contribution in [0.4, 0.5) is 5.00 Å². The summed E-state index contributed by atoms with van der Waals surface area (Å²) < 4.78 is 19.4. The SMILES string of the molecule is COC(=O)Cc1c(C(=O)OC)sc(NC(=O)COc2ccc(C#N)cc2Cl)c1C(=O)OC. The Kier molecular flexibility index (Phi) is 8.57. The number of benzene rings is 1. The van der Waals surface area contributed by atoms with Crippen molar-refractivity contribution in [1.82, 2.24) is 0 Å². The Morgan fingerprint density at radius 3 is 2.34 bits per heavy atom. The van der Waals surface area contributed by atoms with Gasteiger partial charge in [0.15, 0.2) is 6.61 Å². The molecule has 0 atom stereocenters. The summed E-state index contributed by atoms with van der Waals surface area (Å²) in [6, 6.07) is 6.20. The highest BCUT2D eigenvalue weighted by atomic mass is 35.5. The number of anilines is 1. The van der Waals surface area contributed by atoms with E-state index in [0.717, 1.165) is 32.7 Å². The number of carbonyl (C=O) groups is 4. The zero-order valence-corrected chi connectivity index (χ0v) is 18.7. The maximum absolute atomic E-state index is 12.4. The largest absolute Gasteiger partial charge is 0.482 e. The number of ether oxygens (including phenoxy) is 4. The molecule has 0 aliphatic heterocycles. The second-order valence-corrected chi connectivity index (χ2v) is 7.37. The number of hydrogen-bond donors (Lipinski definition) is 1. The second-order valence-electron chi connectivity index (χ2n) is 5.94. The van der Waals surface area contributed by atoms with Crippen molar-refractivity contribution < 1.29 is 38.1 Å². The monoisotopic (exact) mass is 480 g/mol. The second kappa shape index (κ2) is 11.1. The summed E-state index contributed by atoms with van der Waals surface area (Å²) in [5.74, 6) is -2.91. The van der Waals surface area contributed by atoms with Crippen LogP contribution in [-0.2, 0) is 30.2 Å². The molecule has 2 rings (SSSR count). The normalized spacial score (nSPS) is 9.97. The van der Waals surface area contributed by atoms with Crippen LogP contribution < -0.4 is 10.1 Å². The van der Waals surface area contributed by atoms with Gasteiger partial charge in [-0.15, -0.1) is 11.3 Å². The summed E-state index contributed by atoms with van der Waals surface area (Å²) >= 11 is 6.75. The molecule has 0 saturated heterocycles. The van der Waals surface area contributed by atoms with Gasteiger partial charge in [0.2, 0.25) is 0 Å². The maximum atomic E-state index is 12.4. The highest BCUT2D eigenvalue weighted by Crippen LogP contribution is 2.35. The van der Waals surface area contributed by atoms with E-state index >= 15 is 0 Å². The summed E-state index contributed by atoms with van der Waals surface area (Å²) in [7, 11) is 3.40. The Hall–Kier alpha value is -3.62. The molecule has 32 heavy (non-hydrogen) atoms. The molecule has 0 radical (unpaired) electrons. The first-order valence-corrected chi connectivity index (χ1v) is 9.96. The van der Waals surface area contributed by atoms with Gasteiger partial charge in [-0.1, -0.05) is 11.6 Å². The molecule has 1 N–H and O–H groups in total. The van der Waals surface area contributed by atoms with E-state index in [4.69, 9.17) is 31.1 Å². The summed E-state index contributed by atoms with van der Waals surface area (Å²) in [5.41, 5.74) is 0.154. The number of methoxy groups -OCH3 is 3. The topological polar surface area (TPSA) is 141 Å². The van der Waals surface area contributed by atoms with E-state index in [9.17, 15) is 19.2 Å². The number of nitriles is 1. The first kappa shape index (κ1) is 24.6. The van der Waals surface area contributed by atoms with E-state index in [1.807, 2.05) is 6.07 Å². The number of halogens is 1. The van der Waals surface area contributed by atoms with Gasteiger partial charge in [0, 0.05) is 5.56 Å². The summed E-state index contributed by atoms with van der Waals surface area (Å²) in [6.07, 6.45) is -0.422. The predicted octanol–water partition coefficient (Wildman–Crippen LogP) is 2.58. The minimum absolute atomic E-state index is 0.00639. The third-order valence-corrected chi connectivity index (χ3v) is 5.41.